The Labute approximate surface area is 115 Å². The number of aliphatic hydroxyl groups is 1. The molecule has 1 aromatic rings. The molecule has 8 heteroatoms. The summed E-state index contributed by atoms with van der Waals surface area (Å²) < 4.78 is 25.8. The van der Waals surface area contributed by atoms with Crippen LogP contribution in [-0.4, -0.2) is 42.0 Å². The first-order chi connectivity index (χ1) is 8.41. The Bertz CT molecular complexity index is 550. The number of piperidine rings is 1. The molecule has 100 valence electrons. The molecule has 0 bridgehead atoms. The molecule has 2 heterocycles. The van der Waals surface area contributed by atoms with E-state index in [-0.39, 0.29) is 21.6 Å². The molecule has 0 radical (unpaired) electrons. The van der Waals surface area contributed by atoms with Gasteiger partial charge in [0.05, 0.1) is 11.1 Å². The Balaban J connectivity index is 2.32. The number of aliphatic hydroxyl groups excluding tert-OH is 1. The summed E-state index contributed by atoms with van der Waals surface area (Å²) in [5.74, 6) is 0. The molecule has 0 spiro atoms. The second-order valence-corrected chi connectivity index (χ2v) is 6.81. The van der Waals surface area contributed by atoms with Crippen LogP contribution in [0.3, 0.4) is 0 Å². The zero-order valence-corrected chi connectivity index (χ0v) is 11.7. The quantitative estimate of drug-likeness (QED) is 0.841. The first-order valence-corrected chi connectivity index (χ1v) is 7.60. The van der Waals surface area contributed by atoms with Gasteiger partial charge in [-0.25, -0.2) is 13.4 Å². The monoisotopic (exact) mass is 310 g/mol. The van der Waals surface area contributed by atoms with Gasteiger partial charge in [-0.05, 0) is 18.9 Å². The lowest BCUT2D eigenvalue weighted by molar-refractivity contribution is 0.108. The van der Waals surface area contributed by atoms with E-state index in [1.807, 2.05) is 0 Å². The van der Waals surface area contributed by atoms with E-state index in [0.717, 1.165) is 0 Å². The van der Waals surface area contributed by atoms with Crippen molar-refractivity contribution >= 4 is 33.2 Å². The third-order valence-electron chi connectivity index (χ3n) is 2.77. The van der Waals surface area contributed by atoms with E-state index in [4.69, 9.17) is 23.2 Å². The predicted octanol–water partition coefficient (Wildman–Crippen LogP) is 1.53. The van der Waals surface area contributed by atoms with Crippen molar-refractivity contribution in [2.75, 3.05) is 13.1 Å². The summed E-state index contributed by atoms with van der Waals surface area (Å²) in [6, 6.07) is 1.27. The summed E-state index contributed by atoms with van der Waals surface area (Å²) in [7, 11) is -3.67. The smallest absolute Gasteiger partial charge is 0.244 e. The van der Waals surface area contributed by atoms with Crippen molar-refractivity contribution in [1.29, 1.82) is 0 Å². The topological polar surface area (TPSA) is 70.5 Å². The van der Waals surface area contributed by atoms with Gasteiger partial charge in [0.2, 0.25) is 10.0 Å². The molecular weight excluding hydrogens is 299 g/mol. The van der Waals surface area contributed by atoms with Crippen LogP contribution in [0.15, 0.2) is 17.2 Å². The summed E-state index contributed by atoms with van der Waals surface area (Å²) in [6.45, 7) is 0.488. The van der Waals surface area contributed by atoms with Crippen LogP contribution in [0.2, 0.25) is 10.2 Å². The maximum atomic E-state index is 12.3. The number of pyridine rings is 1. The van der Waals surface area contributed by atoms with Gasteiger partial charge in [0, 0.05) is 19.3 Å². The van der Waals surface area contributed by atoms with E-state index >= 15 is 0 Å². The minimum absolute atomic E-state index is 0.00833. The number of nitrogens with zero attached hydrogens (tertiary/aromatic N) is 2. The van der Waals surface area contributed by atoms with Gasteiger partial charge in [0.25, 0.3) is 0 Å². The molecule has 0 amide bonds. The fraction of sp³-hybridized carbons (Fsp3) is 0.500. The highest BCUT2D eigenvalue weighted by Gasteiger charge is 2.30. The standard InChI is InChI=1S/C10H12Cl2N2O3S/c11-9-4-8(5-13-10(9)12)18(16,17)14-3-1-2-7(15)6-14/h4-5,7,15H,1-3,6H2/t7-/m0/s1. The van der Waals surface area contributed by atoms with Gasteiger partial charge in [-0.2, -0.15) is 4.31 Å². The van der Waals surface area contributed by atoms with Crippen LogP contribution in [-0.2, 0) is 10.0 Å². The number of sulfonamides is 1. The lowest BCUT2D eigenvalue weighted by atomic mass is 10.1. The second kappa shape index (κ2) is 5.30. The molecule has 0 aliphatic carbocycles. The molecule has 0 saturated carbocycles. The number of hydrogen-bond acceptors (Lipinski definition) is 4. The molecule has 1 saturated heterocycles. The lowest BCUT2D eigenvalue weighted by Crippen LogP contribution is -2.42. The summed E-state index contributed by atoms with van der Waals surface area (Å²) >= 11 is 11.4. The van der Waals surface area contributed by atoms with Crippen LogP contribution in [0.1, 0.15) is 12.8 Å². The minimum atomic E-state index is -3.67. The molecule has 18 heavy (non-hydrogen) atoms. The lowest BCUT2D eigenvalue weighted by Gasteiger charge is -2.29. The largest absolute Gasteiger partial charge is 0.392 e. The summed E-state index contributed by atoms with van der Waals surface area (Å²) in [5, 5.41) is 9.68. The van der Waals surface area contributed by atoms with E-state index in [9.17, 15) is 13.5 Å². The van der Waals surface area contributed by atoms with Gasteiger partial charge >= 0.3 is 0 Å². The molecule has 5 nitrogen and oxygen atoms in total. The fourth-order valence-electron chi connectivity index (χ4n) is 1.83. The van der Waals surface area contributed by atoms with Gasteiger partial charge in [-0.1, -0.05) is 23.2 Å². The Kier molecular flexibility index (Phi) is 4.13. The van der Waals surface area contributed by atoms with Gasteiger partial charge < -0.3 is 5.11 Å². The van der Waals surface area contributed by atoms with Crippen LogP contribution in [0.4, 0.5) is 0 Å². The Hall–Kier alpha value is -0.400. The van der Waals surface area contributed by atoms with Crippen LogP contribution < -0.4 is 0 Å². The van der Waals surface area contributed by atoms with Crippen LogP contribution in [0, 0.1) is 0 Å². The van der Waals surface area contributed by atoms with E-state index in [1.54, 1.807) is 0 Å². The van der Waals surface area contributed by atoms with Crippen molar-refractivity contribution in [3.05, 3.63) is 22.4 Å². The normalized spacial score (nSPS) is 22.1. The zero-order valence-electron chi connectivity index (χ0n) is 9.38. The highest BCUT2D eigenvalue weighted by atomic mass is 35.5. The third kappa shape index (κ3) is 2.78. The van der Waals surface area contributed by atoms with Gasteiger partial charge in [-0.15, -0.1) is 0 Å². The van der Waals surface area contributed by atoms with Gasteiger partial charge in [0.15, 0.2) is 0 Å². The number of rotatable bonds is 2. The van der Waals surface area contributed by atoms with Crippen molar-refractivity contribution in [2.45, 2.75) is 23.8 Å². The average Bonchev–Trinajstić information content (AvgIpc) is 2.32. The average molecular weight is 311 g/mol. The maximum Gasteiger partial charge on any atom is 0.244 e. The first kappa shape index (κ1) is 14.0. The van der Waals surface area contributed by atoms with Crippen molar-refractivity contribution < 1.29 is 13.5 Å². The van der Waals surface area contributed by atoms with E-state index < -0.39 is 16.1 Å². The summed E-state index contributed by atoms with van der Waals surface area (Å²) in [5.41, 5.74) is 0. The maximum absolute atomic E-state index is 12.3. The van der Waals surface area contributed by atoms with Gasteiger partial charge in [-0.3, -0.25) is 0 Å². The van der Waals surface area contributed by atoms with E-state index in [2.05, 4.69) is 4.98 Å². The molecule has 1 aromatic heterocycles. The van der Waals surface area contributed by atoms with Crippen molar-refractivity contribution in [1.82, 2.24) is 9.29 Å². The molecule has 1 fully saturated rings. The third-order valence-corrected chi connectivity index (χ3v) is 5.28. The fourth-order valence-corrected chi connectivity index (χ4v) is 3.66. The highest BCUT2D eigenvalue weighted by Crippen LogP contribution is 2.25. The van der Waals surface area contributed by atoms with Crippen LogP contribution >= 0.6 is 23.2 Å². The zero-order chi connectivity index (χ0) is 13.3. The van der Waals surface area contributed by atoms with Gasteiger partial charge in [0.1, 0.15) is 10.0 Å². The molecular formula is C10H12Cl2N2O3S. The molecule has 1 atom stereocenters. The predicted molar refractivity (Wildman–Crippen MR) is 68.3 cm³/mol. The SMILES string of the molecule is O=S(=O)(c1cnc(Cl)c(Cl)c1)N1CCC[C@H](O)C1. The number of β-amino-alcohol motifs (C(OH)–C–C–N with tert-alkyl or cyclic N) is 1. The van der Waals surface area contributed by atoms with Crippen LogP contribution in [0.5, 0.6) is 0 Å². The molecule has 0 aromatic carbocycles. The van der Waals surface area contributed by atoms with Crippen molar-refractivity contribution in [2.24, 2.45) is 0 Å². The number of hydrogen-bond donors (Lipinski definition) is 1. The Morgan fingerprint density at radius 3 is 2.78 bits per heavy atom. The summed E-state index contributed by atoms with van der Waals surface area (Å²) in [4.78, 5) is 3.72. The molecule has 1 N–H and O–H groups in total. The Morgan fingerprint density at radius 2 is 2.17 bits per heavy atom. The molecule has 1 aliphatic rings. The molecule has 1 aliphatic heterocycles. The second-order valence-electron chi connectivity index (χ2n) is 4.10. The van der Waals surface area contributed by atoms with Crippen LogP contribution in [0.25, 0.3) is 0 Å². The van der Waals surface area contributed by atoms with E-state index in [0.29, 0.717) is 19.4 Å². The highest BCUT2D eigenvalue weighted by molar-refractivity contribution is 7.89. The molecule has 2 rings (SSSR count). The van der Waals surface area contributed by atoms with E-state index in [1.165, 1.54) is 16.6 Å². The summed E-state index contributed by atoms with van der Waals surface area (Å²) in [6.07, 6.45) is 1.80. The number of halogens is 2. The van der Waals surface area contributed by atoms with Crippen molar-refractivity contribution in [3.8, 4) is 0 Å². The Morgan fingerprint density at radius 1 is 1.44 bits per heavy atom. The first-order valence-electron chi connectivity index (χ1n) is 5.40. The minimum Gasteiger partial charge on any atom is -0.392 e. The number of aromatic nitrogens is 1. The van der Waals surface area contributed by atoms with Crippen molar-refractivity contribution in [3.63, 3.8) is 0 Å². The molecule has 0 unspecified atom stereocenters.